The van der Waals surface area contributed by atoms with E-state index in [4.69, 9.17) is 27.9 Å². The summed E-state index contributed by atoms with van der Waals surface area (Å²) in [6.07, 6.45) is 1.46. The smallest absolute Gasteiger partial charge is 0.262 e. The maximum Gasteiger partial charge on any atom is 0.262 e. The van der Waals surface area contributed by atoms with E-state index in [2.05, 4.69) is 25.6 Å². The van der Waals surface area contributed by atoms with Crippen LogP contribution in [0.25, 0.3) is 0 Å². The first kappa shape index (κ1) is 16.4. The molecule has 112 valence electrons. The van der Waals surface area contributed by atoms with Crippen molar-refractivity contribution in [2.75, 3.05) is 11.8 Å². The molecule has 0 aliphatic carbocycles. The molecule has 0 fully saturated rings. The molecule has 0 atom stereocenters. The number of rotatable bonds is 4. The summed E-state index contributed by atoms with van der Waals surface area (Å²) in [5.41, 5.74) is 0.165. The first-order valence-corrected chi connectivity index (χ1v) is 8.54. The van der Waals surface area contributed by atoms with Crippen LogP contribution < -0.4 is 9.46 Å². The van der Waals surface area contributed by atoms with E-state index in [1.807, 2.05) is 0 Å². The number of nitrogens with zero attached hydrogens (tertiary/aromatic N) is 1. The number of methoxy groups -OCH3 is 1. The Morgan fingerprint density at radius 3 is 2.62 bits per heavy atom. The Morgan fingerprint density at radius 2 is 2.00 bits per heavy atom. The fourth-order valence-corrected chi connectivity index (χ4v) is 3.46. The van der Waals surface area contributed by atoms with Gasteiger partial charge >= 0.3 is 0 Å². The second-order valence-corrected chi connectivity index (χ2v) is 7.26. The van der Waals surface area contributed by atoms with Gasteiger partial charge in [-0.1, -0.05) is 23.2 Å². The third kappa shape index (κ3) is 3.79. The van der Waals surface area contributed by atoms with Crippen molar-refractivity contribution in [2.24, 2.45) is 0 Å². The third-order valence-electron chi connectivity index (χ3n) is 2.48. The zero-order valence-corrected chi connectivity index (χ0v) is 14.5. The summed E-state index contributed by atoms with van der Waals surface area (Å²) in [7, 11) is -2.39. The monoisotopic (exact) mass is 410 g/mol. The Labute approximate surface area is 140 Å². The lowest BCUT2D eigenvalue weighted by molar-refractivity contribution is 0.414. The number of anilines is 1. The molecular formula is C12H9BrCl2N2O3S. The lowest BCUT2D eigenvalue weighted by Gasteiger charge is -2.10. The number of aromatic nitrogens is 1. The molecule has 0 saturated heterocycles. The highest BCUT2D eigenvalue weighted by Gasteiger charge is 2.18. The minimum atomic E-state index is -3.84. The van der Waals surface area contributed by atoms with Crippen LogP contribution in [0.3, 0.4) is 0 Å². The van der Waals surface area contributed by atoms with Gasteiger partial charge in [0.25, 0.3) is 10.0 Å². The number of sulfonamides is 1. The molecule has 1 N–H and O–H groups in total. The maximum absolute atomic E-state index is 12.3. The van der Waals surface area contributed by atoms with Crippen molar-refractivity contribution in [1.82, 2.24) is 4.98 Å². The second-order valence-electron chi connectivity index (χ2n) is 3.89. The van der Waals surface area contributed by atoms with E-state index in [0.29, 0.717) is 10.2 Å². The highest BCUT2D eigenvalue weighted by atomic mass is 79.9. The zero-order chi connectivity index (χ0) is 15.6. The molecule has 5 nitrogen and oxygen atoms in total. The third-order valence-corrected chi connectivity index (χ3v) is 4.88. The van der Waals surface area contributed by atoms with Crippen LogP contribution in [0.2, 0.25) is 10.2 Å². The molecule has 0 bridgehead atoms. The number of halogens is 3. The maximum atomic E-state index is 12.3. The van der Waals surface area contributed by atoms with Gasteiger partial charge in [0.2, 0.25) is 0 Å². The number of hydrogen-bond acceptors (Lipinski definition) is 4. The zero-order valence-electron chi connectivity index (χ0n) is 10.6. The van der Waals surface area contributed by atoms with Crippen LogP contribution in [0.15, 0.2) is 39.8 Å². The first-order chi connectivity index (χ1) is 9.83. The summed E-state index contributed by atoms with van der Waals surface area (Å²) in [4.78, 5) is 3.84. The molecule has 0 spiro atoms. The van der Waals surface area contributed by atoms with Crippen molar-refractivity contribution in [3.05, 3.63) is 45.1 Å². The van der Waals surface area contributed by atoms with Gasteiger partial charge in [-0.05, 0) is 40.2 Å². The van der Waals surface area contributed by atoms with Gasteiger partial charge in [0.05, 0.1) is 22.7 Å². The molecule has 21 heavy (non-hydrogen) atoms. The highest BCUT2D eigenvalue weighted by molar-refractivity contribution is 9.10. The molecule has 1 heterocycles. The lowest BCUT2D eigenvalue weighted by Crippen LogP contribution is -2.13. The SMILES string of the molecule is COc1ccc(S(=O)(=O)Nc2cc(Br)cnc2Cl)cc1Cl. The molecule has 0 amide bonds. The van der Waals surface area contributed by atoms with Gasteiger partial charge < -0.3 is 4.74 Å². The molecule has 0 unspecified atom stereocenters. The normalized spacial score (nSPS) is 11.2. The van der Waals surface area contributed by atoms with Crippen molar-refractivity contribution in [2.45, 2.75) is 4.90 Å². The van der Waals surface area contributed by atoms with E-state index in [1.54, 1.807) is 0 Å². The van der Waals surface area contributed by atoms with Gasteiger partial charge in [0.1, 0.15) is 5.75 Å². The Balaban J connectivity index is 2.38. The topological polar surface area (TPSA) is 68.3 Å². The minimum absolute atomic E-state index is 0.00987. The molecule has 0 radical (unpaired) electrons. The van der Waals surface area contributed by atoms with E-state index >= 15 is 0 Å². The molecular weight excluding hydrogens is 403 g/mol. The summed E-state index contributed by atoms with van der Waals surface area (Å²) in [5, 5.41) is 0.236. The molecule has 2 rings (SSSR count). The van der Waals surface area contributed by atoms with Gasteiger partial charge in [-0.3, -0.25) is 4.72 Å². The molecule has 9 heteroatoms. The van der Waals surface area contributed by atoms with Gasteiger partial charge in [-0.15, -0.1) is 0 Å². The lowest BCUT2D eigenvalue weighted by atomic mass is 10.3. The Kier molecular flexibility index (Phi) is 4.98. The number of ether oxygens (including phenoxy) is 1. The van der Waals surface area contributed by atoms with Crippen LogP contribution in [0, 0.1) is 0 Å². The van der Waals surface area contributed by atoms with Gasteiger partial charge in [-0.25, -0.2) is 13.4 Å². The summed E-state index contributed by atoms with van der Waals surface area (Å²) in [6.45, 7) is 0. The Morgan fingerprint density at radius 1 is 1.29 bits per heavy atom. The second kappa shape index (κ2) is 6.39. The number of hydrogen-bond donors (Lipinski definition) is 1. The molecule has 0 saturated carbocycles. The van der Waals surface area contributed by atoms with E-state index in [0.717, 1.165) is 0 Å². The summed E-state index contributed by atoms with van der Waals surface area (Å²) in [6, 6.07) is 5.66. The minimum Gasteiger partial charge on any atom is -0.495 e. The first-order valence-electron chi connectivity index (χ1n) is 5.51. The average Bonchev–Trinajstić information content (AvgIpc) is 2.42. The van der Waals surface area contributed by atoms with Crippen molar-refractivity contribution < 1.29 is 13.2 Å². The highest BCUT2D eigenvalue weighted by Crippen LogP contribution is 2.29. The van der Waals surface area contributed by atoms with Crippen LogP contribution >= 0.6 is 39.1 Å². The molecule has 0 aliphatic heterocycles. The Bertz CT molecular complexity index is 784. The predicted molar refractivity (Wildman–Crippen MR) is 85.8 cm³/mol. The standard InChI is InChI=1S/C12H9BrCl2N2O3S/c1-20-11-3-2-8(5-9(11)14)21(18,19)17-10-4-7(13)6-16-12(10)15/h2-6,17H,1H3. The molecule has 1 aromatic carbocycles. The van der Waals surface area contributed by atoms with E-state index in [1.165, 1.54) is 37.6 Å². The van der Waals surface area contributed by atoms with Crippen molar-refractivity contribution >= 4 is 54.8 Å². The van der Waals surface area contributed by atoms with Crippen molar-refractivity contribution in [3.8, 4) is 5.75 Å². The number of pyridine rings is 1. The predicted octanol–water partition coefficient (Wildman–Crippen LogP) is 3.96. The van der Waals surface area contributed by atoms with Gasteiger partial charge in [0.15, 0.2) is 5.15 Å². The molecule has 2 aromatic rings. The van der Waals surface area contributed by atoms with Crippen LogP contribution in [-0.4, -0.2) is 20.5 Å². The summed E-state index contributed by atoms with van der Waals surface area (Å²) in [5.74, 6) is 0.387. The summed E-state index contributed by atoms with van der Waals surface area (Å²) < 4.78 is 32.5. The quantitative estimate of drug-likeness (QED) is 0.773. The van der Waals surface area contributed by atoms with Crippen LogP contribution in [-0.2, 0) is 10.0 Å². The number of benzene rings is 1. The van der Waals surface area contributed by atoms with Gasteiger partial charge in [-0.2, -0.15) is 0 Å². The van der Waals surface area contributed by atoms with Crippen LogP contribution in [0.1, 0.15) is 0 Å². The van der Waals surface area contributed by atoms with E-state index < -0.39 is 10.0 Å². The molecule has 0 aliphatic rings. The van der Waals surface area contributed by atoms with Crippen molar-refractivity contribution in [1.29, 1.82) is 0 Å². The largest absolute Gasteiger partial charge is 0.495 e. The fraction of sp³-hybridized carbons (Fsp3) is 0.0833. The molecule has 1 aromatic heterocycles. The van der Waals surface area contributed by atoms with E-state index in [9.17, 15) is 8.42 Å². The fourth-order valence-electron chi connectivity index (χ4n) is 1.51. The summed E-state index contributed by atoms with van der Waals surface area (Å²) >= 11 is 15.0. The van der Waals surface area contributed by atoms with Crippen LogP contribution in [0.5, 0.6) is 5.75 Å². The number of nitrogens with one attached hydrogen (secondary N) is 1. The average molecular weight is 412 g/mol. The Hall–Kier alpha value is -1.02. The van der Waals surface area contributed by atoms with Crippen LogP contribution in [0.4, 0.5) is 5.69 Å². The van der Waals surface area contributed by atoms with Crippen molar-refractivity contribution in [3.63, 3.8) is 0 Å². The van der Waals surface area contributed by atoms with E-state index in [-0.39, 0.29) is 20.8 Å². The van der Waals surface area contributed by atoms with Gasteiger partial charge in [0, 0.05) is 10.7 Å².